The number of nitrogens with zero attached hydrogens (tertiary/aromatic N) is 1. The number of hydrogen-bond acceptors (Lipinski definition) is 3. The molecular formula is C15H12ClNO3. The van der Waals surface area contributed by atoms with Gasteiger partial charge < -0.3 is 9.84 Å². The van der Waals surface area contributed by atoms with Crippen molar-refractivity contribution in [2.45, 2.75) is 6.92 Å². The van der Waals surface area contributed by atoms with Gasteiger partial charge in [0.15, 0.2) is 0 Å². The molecule has 102 valence electrons. The van der Waals surface area contributed by atoms with E-state index in [0.717, 1.165) is 11.8 Å². The van der Waals surface area contributed by atoms with Crippen molar-refractivity contribution in [3.63, 3.8) is 0 Å². The lowest BCUT2D eigenvalue weighted by molar-refractivity contribution is -0.131. The maximum atomic E-state index is 10.4. The molecule has 0 fully saturated rings. The minimum absolute atomic E-state index is 0.401. The molecule has 1 heterocycles. The number of carbonyl (C=O) groups is 1. The highest BCUT2D eigenvalue weighted by Gasteiger charge is 2.04. The third-order valence-electron chi connectivity index (χ3n) is 2.49. The zero-order chi connectivity index (χ0) is 14.5. The van der Waals surface area contributed by atoms with E-state index in [2.05, 4.69) is 4.98 Å². The highest BCUT2D eigenvalue weighted by Crippen LogP contribution is 2.30. The number of aryl methyl sites for hydroxylation is 1. The van der Waals surface area contributed by atoms with Gasteiger partial charge in [-0.3, -0.25) is 4.98 Å². The molecule has 2 aromatic rings. The van der Waals surface area contributed by atoms with Gasteiger partial charge in [-0.15, -0.1) is 0 Å². The lowest BCUT2D eigenvalue weighted by Crippen LogP contribution is -1.89. The van der Waals surface area contributed by atoms with Crippen LogP contribution in [0.25, 0.3) is 6.08 Å². The molecule has 5 heteroatoms. The topological polar surface area (TPSA) is 59.4 Å². The number of benzene rings is 1. The Hall–Kier alpha value is -2.33. The van der Waals surface area contributed by atoms with Gasteiger partial charge in [0, 0.05) is 11.8 Å². The van der Waals surface area contributed by atoms with Crippen LogP contribution in [-0.4, -0.2) is 16.1 Å². The summed E-state index contributed by atoms with van der Waals surface area (Å²) in [6.45, 7) is 1.89. The first-order valence-corrected chi connectivity index (χ1v) is 6.23. The van der Waals surface area contributed by atoms with Crippen molar-refractivity contribution in [1.29, 1.82) is 0 Å². The zero-order valence-corrected chi connectivity index (χ0v) is 11.5. The lowest BCUT2D eigenvalue weighted by Gasteiger charge is -2.08. The summed E-state index contributed by atoms with van der Waals surface area (Å²) in [4.78, 5) is 14.6. The van der Waals surface area contributed by atoms with E-state index in [0.29, 0.717) is 22.1 Å². The molecule has 0 saturated carbocycles. The Morgan fingerprint density at radius 1 is 1.35 bits per heavy atom. The van der Waals surface area contributed by atoms with Gasteiger partial charge in [0.05, 0.1) is 11.2 Å². The van der Waals surface area contributed by atoms with Gasteiger partial charge in [0.1, 0.15) is 11.5 Å². The van der Waals surface area contributed by atoms with Crippen molar-refractivity contribution in [3.8, 4) is 11.5 Å². The molecule has 0 spiro atoms. The summed E-state index contributed by atoms with van der Waals surface area (Å²) in [7, 11) is 0. The predicted molar refractivity (Wildman–Crippen MR) is 77.2 cm³/mol. The number of carboxylic acids is 1. The molecule has 0 aliphatic carbocycles. The monoisotopic (exact) mass is 289 g/mol. The summed E-state index contributed by atoms with van der Waals surface area (Å²) in [6.07, 6.45) is 4.13. The summed E-state index contributed by atoms with van der Waals surface area (Å²) >= 11 is 6.10. The highest BCUT2D eigenvalue weighted by atomic mass is 35.5. The van der Waals surface area contributed by atoms with Gasteiger partial charge in [-0.25, -0.2) is 4.79 Å². The van der Waals surface area contributed by atoms with Gasteiger partial charge in [-0.2, -0.15) is 0 Å². The average molecular weight is 290 g/mol. The number of pyridine rings is 1. The number of aromatic nitrogens is 1. The first kappa shape index (κ1) is 14.1. The van der Waals surface area contributed by atoms with Gasteiger partial charge >= 0.3 is 5.97 Å². The van der Waals surface area contributed by atoms with Crippen LogP contribution < -0.4 is 4.74 Å². The van der Waals surface area contributed by atoms with E-state index in [1.54, 1.807) is 30.5 Å². The second-order valence-corrected chi connectivity index (χ2v) is 4.51. The number of ether oxygens (including phenoxy) is 1. The van der Waals surface area contributed by atoms with Crippen LogP contribution >= 0.6 is 11.6 Å². The van der Waals surface area contributed by atoms with Crippen molar-refractivity contribution in [1.82, 2.24) is 4.98 Å². The van der Waals surface area contributed by atoms with Crippen LogP contribution in [0.2, 0.25) is 5.02 Å². The smallest absolute Gasteiger partial charge is 0.328 e. The molecule has 1 aromatic carbocycles. The molecule has 0 unspecified atom stereocenters. The summed E-state index contributed by atoms with van der Waals surface area (Å²) < 4.78 is 5.61. The quantitative estimate of drug-likeness (QED) is 0.866. The van der Waals surface area contributed by atoms with E-state index in [1.807, 2.05) is 13.0 Å². The molecule has 1 aromatic heterocycles. The second kappa shape index (κ2) is 6.21. The Bertz CT molecular complexity index is 651. The van der Waals surface area contributed by atoms with Crippen LogP contribution in [0.15, 0.2) is 42.6 Å². The maximum Gasteiger partial charge on any atom is 0.328 e. The minimum Gasteiger partial charge on any atom is -0.478 e. The fraction of sp³-hybridized carbons (Fsp3) is 0.0667. The summed E-state index contributed by atoms with van der Waals surface area (Å²) in [5.74, 6) is 0.0725. The first-order chi connectivity index (χ1) is 9.54. The molecule has 0 atom stereocenters. The second-order valence-electron chi connectivity index (χ2n) is 4.10. The SMILES string of the molecule is Cc1ccc(Oc2ccc(/C=C/C(=O)O)cc2Cl)cn1. The van der Waals surface area contributed by atoms with E-state index in [-0.39, 0.29) is 0 Å². The van der Waals surface area contributed by atoms with E-state index in [4.69, 9.17) is 21.4 Å². The molecule has 0 amide bonds. The molecule has 0 aliphatic heterocycles. The fourth-order valence-electron chi connectivity index (χ4n) is 1.51. The number of aliphatic carboxylic acids is 1. The molecule has 4 nitrogen and oxygen atoms in total. The summed E-state index contributed by atoms with van der Waals surface area (Å²) in [5, 5.41) is 8.97. The summed E-state index contributed by atoms with van der Waals surface area (Å²) in [5.41, 5.74) is 1.59. The van der Waals surface area contributed by atoms with Crippen molar-refractivity contribution >= 4 is 23.6 Å². The molecule has 1 N–H and O–H groups in total. The van der Waals surface area contributed by atoms with E-state index < -0.39 is 5.97 Å². The average Bonchev–Trinajstić information content (AvgIpc) is 2.41. The van der Waals surface area contributed by atoms with Gasteiger partial charge in [0.25, 0.3) is 0 Å². The zero-order valence-electron chi connectivity index (χ0n) is 10.7. The largest absolute Gasteiger partial charge is 0.478 e. The molecular weight excluding hydrogens is 278 g/mol. The van der Waals surface area contributed by atoms with Crippen molar-refractivity contribution in [2.75, 3.05) is 0 Å². The number of hydrogen-bond donors (Lipinski definition) is 1. The Morgan fingerprint density at radius 3 is 2.75 bits per heavy atom. The van der Waals surface area contributed by atoms with Gasteiger partial charge in [0.2, 0.25) is 0 Å². The number of halogens is 1. The Balaban J connectivity index is 2.17. The first-order valence-electron chi connectivity index (χ1n) is 5.85. The highest BCUT2D eigenvalue weighted by molar-refractivity contribution is 6.32. The van der Waals surface area contributed by atoms with E-state index >= 15 is 0 Å². The third kappa shape index (κ3) is 3.83. The Kier molecular flexibility index (Phi) is 4.38. The van der Waals surface area contributed by atoms with Crippen LogP contribution in [0.3, 0.4) is 0 Å². The lowest BCUT2D eigenvalue weighted by atomic mass is 10.2. The van der Waals surface area contributed by atoms with Gasteiger partial charge in [-0.1, -0.05) is 17.7 Å². The van der Waals surface area contributed by atoms with Crippen molar-refractivity contribution in [2.24, 2.45) is 0 Å². The van der Waals surface area contributed by atoms with E-state index in [9.17, 15) is 4.79 Å². The van der Waals surface area contributed by atoms with Crippen molar-refractivity contribution < 1.29 is 14.6 Å². The van der Waals surface area contributed by atoms with Crippen LogP contribution in [0.1, 0.15) is 11.3 Å². The molecule has 2 rings (SSSR count). The Morgan fingerprint density at radius 2 is 2.15 bits per heavy atom. The molecule has 0 bridgehead atoms. The third-order valence-corrected chi connectivity index (χ3v) is 2.78. The Labute approximate surface area is 121 Å². The van der Waals surface area contributed by atoms with Crippen LogP contribution in [-0.2, 0) is 4.79 Å². The van der Waals surface area contributed by atoms with E-state index in [1.165, 1.54) is 6.08 Å². The van der Waals surface area contributed by atoms with Crippen LogP contribution in [0.5, 0.6) is 11.5 Å². The standard InChI is InChI=1S/C15H12ClNO3/c1-10-2-5-12(9-17-10)20-14-6-3-11(8-13(14)16)4-7-15(18)19/h2-9H,1H3,(H,18,19)/b7-4+. The van der Waals surface area contributed by atoms with Crippen LogP contribution in [0.4, 0.5) is 0 Å². The summed E-state index contributed by atoms with van der Waals surface area (Å²) in [6, 6.07) is 8.69. The van der Waals surface area contributed by atoms with Crippen molar-refractivity contribution in [3.05, 3.63) is 58.9 Å². The predicted octanol–water partition coefficient (Wildman–Crippen LogP) is 3.93. The molecule has 0 saturated heterocycles. The molecule has 0 radical (unpaired) electrons. The molecule has 20 heavy (non-hydrogen) atoms. The van der Waals surface area contributed by atoms with Gasteiger partial charge in [-0.05, 0) is 42.8 Å². The normalized spacial score (nSPS) is 10.7. The maximum absolute atomic E-state index is 10.4. The fourth-order valence-corrected chi connectivity index (χ4v) is 1.74. The number of carboxylic acid groups (broad SMARTS) is 1. The molecule has 0 aliphatic rings. The number of rotatable bonds is 4. The van der Waals surface area contributed by atoms with Crippen LogP contribution in [0, 0.1) is 6.92 Å². The minimum atomic E-state index is -1.01.